The fourth-order valence-corrected chi connectivity index (χ4v) is 0.964. The summed E-state index contributed by atoms with van der Waals surface area (Å²) >= 11 is 0. The zero-order valence-electron chi connectivity index (χ0n) is 7.76. The topological polar surface area (TPSA) is 87.3 Å². The minimum absolute atomic E-state index is 0.0200. The summed E-state index contributed by atoms with van der Waals surface area (Å²) in [5.41, 5.74) is 0.448. The van der Waals surface area contributed by atoms with E-state index >= 15 is 0 Å². The summed E-state index contributed by atoms with van der Waals surface area (Å²) in [5, 5.41) is 13.9. The van der Waals surface area contributed by atoms with Gasteiger partial charge in [0.25, 0.3) is 0 Å². The molecule has 0 radical (unpaired) electrons. The molecule has 7 nitrogen and oxygen atoms in total. The Kier molecular flexibility index (Phi) is 2.80. The van der Waals surface area contributed by atoms with Crippen LogP contribution in [0, 0.1) is 10.1 Å². The standard InChI is InChI=1S/C7H9N3O4/c1-9-5(4-7(11)14-2)3-6(8-9)10(12)13/h3H,4H2,1-2H3. The molecule has 0 spiro atoms. The van der Waals surface area contributed by atoms with Crippen LogP contribution in [0.3, 0.4) is 0 Å². The van der Waals surface area contributed by atoms with Crippen molar-refractivity contribution >= 4 is 11.8 Å². The van der Waals surface area contributed by atoms with Gasteiger partial charge in [0.15, 0.2) is 0 Å². The molecule has 7 heteroatoms. The van der Waals surface area contributed by atoms with Gasteiger partial charge < -0.3 is 14.9 Å². The fourth-order valence-electron chi connectivity index (χ4n) is 0.964. The molecular formula is C7H9N3O4. The first-order chi connectivity index (χ1) is 6.54. The van der Waals surface area contributed by atoms with Crippen LogP contribution in [0.4, 0.5) is 5.82 Å². The second-order valence-corrected chi connectivity index (χ2v) is 2.63. The van der Waals surface area contributed by atoms with E-state index in [1.165, 1.54) is 24.9 Å². The molecule has 76 valence electrons. The van der Waals surface area contributed by atoms with Crippen LogP contribution in [0.2, 0.25) is 0 Å². The van der Waals surface area contributed by atoms with Gasteiger partial charge in [0, 0.05) is 0 Å². The minimum atomic E-state index is -0.610. The molecule has 0 saturated heterocycles. The Labute approximate surface area is 79.4 Å². The van der Waals surface area contributed by atoms with Gasteiger partial charge >= 0.3 is 11.8 Å². The fraction of sp³-hybridized carbons (Fsp3) is 0.429. The largest absolute Gasteiger partial charge is 0.469 e. The third-order valence-electron chi connectivity index (χ3n) is 1.70. The summed E-state index contributed by atoms with van der Waals surface area (Å²) in [5.74, 6) is -0.727. The molecule has 0 bridgehead atoms. The zero-order chi connectivity index (χ0) is 10.7. The number of nitro groups is 1. The van der Waals surface area contributed by atoms with Gasteiger partial charge in [0.05, 0.1) is 37.4 Å². The third-order valence-corrected chi connectivity index (χ3v) is 1.70. The molecule has 0 atom stereocenters. The van der Waals surface area contributed by atoms with Gasteiger partial charge in [-0.3, -0.25) is 4.79 Å². The van der Waals surface area contributed by atoms with Crippen molar-refractivity contribution in [3.8, 4) is 0 Å². The normalized spacial score (nSPS) is 9.86. The monoisotopic (exact) mass is 199 g/mol. The SMILES string of the molecule is COC(=O)Cc1cc([N+](=O)[O-])nn1C. The van der Waals surface area contributed by atoms with Crippen molar-refractivity contribution in [3.63, 3.8) is 0 Å². The van der Waals surface area contributed by atoms with E-state index < -0.39 is 10.9 Å². The molecule has 0 aliphatic heterocycles. The smallest absolute Gasteiger partial charge is 0.390 e. The predicted molar refractivity (Wildman–Crippen MR) is 45.6 cm³/mol. The zero-order valence-corrected chi connectivity index (χ0v) is 7.76. The maximum Gasteiger partial charge on any atom is 0.390 e. The van der Waals surface area contributed by atoms with E-state index in [1.807, 2.05) is 0 Å². The van der Waals surface area contributed by atoms with Crippen LogP contribution >= 0.6 is 0 Å². The van der Waals surface area contributed by atoms with Gasteiger partial charge in [0.1, 0.15) is 0 Å². The Morgan fingerprint density at radius 2 is 2.43 bits per heavy atom. The summed E-state index contributed by atoms with van der Waals surface area (Å²) in [6, 6.07) is 1.25. The Bertz CT molecular complexity index is 371. The van der Waals surface area contributed by atoms with Crippen LogP contribution in [0.25, 0.3) is 0 Å². The highest BCUT2D eigenvalue weighted by Gasteiger charge is 2.17. The first kappa shape index (κ1) is 10.2. The molecule has 0 fully saturated rings. The lowest BCUT2D eigenvalue weighted by Gasteiger charge is -1.95. The number of rotatable bonds is 3. The van der Waals surface area contributed by atoms with Crippen molar-refractivity contribution in [1.82, 2.24) is 9.78 Å². The molecule has 0 aliphatic rings. The van der Waals surface area contributed by atoms with Crippen LogP contribution < -0.4 is 0 Å². The number of aryl methyl sites for hydroxylation is 1. The summed E-state index contributed by atoms with van der Waals surface area (Å²) in [6.07, 6.45) is -0.0200. The van der Waals surface area contributed by atoms with Gasteiger partial charge in [-0.15, -0.1) is 0 Å². The first-order valence-electron chi connectivity index (χ1n) is 3.78. The van der Waals surface area contributed by atoms with Gasteiger partial charge in [-0.25, -0.2) is 0 Å². The Hall–Kier alpha value is -1.92. The second-order valence-electron chi connectivity index (χ2n) is 2.63. The molecule has 1 rings (SSSR count). The summed E-state index contributed by atoms with van der Waals surface area (Å²) < 4.78 is 5.72. The Balaban J connectivity index is 2.88. The Morgan fingerprint density at radius 3 is 2.86 bits per heavy atom. The Morgan fingerprint density at radius 1 is 1.79 bits per heavy atom. The van der Waals surface area contributed by atoms with Crippen LogP contribution in [0.15, 0.2) is 6.07 Å². The number of aromatic nitrogens is 2. The third kappa shape index (κ3) is 2.06. The van der Waals surface area contributed by atoms with E-state index in [9.17, 15) is 14.9 Å². The number of esters is 1. The van der Waals surface area contributed by atoms with Gasteiger partial charge in [-0.05, 0) is 4.92 Å². The second kappa shape index (κ2) is 3.86. The van der Waals surface area contributed by atoms with E-state index in [-0.39, 0.29) is 12.2 Å². The van der Waals surface area contributed by atoms with Crippen molar-refractivity contribution in [3.05, 3.63) is 21.9 Å². The summed E-state index contributed by atoms with van der Waals surface area (Å²) in [6.45, 7) is 0. The van der Waals surface area contributed by atoms with Crippen molar-refractivity contribution < 1.29 is 14.5 Å². The average Bonchev–Trinajstić information content (AvgIpc) is 2.48. The van der Waals surface area contributed by atoms with Gasteiger partial charge in [-0.2, -0.15) is 4.68 Å². The average molecular weight is 199 g/mol. The van der Waals surface area contributed by atoms with Crippen molar-refractivity contribution in [2.75, 3.05) is 7.11 Å². The van der Waals surface area contributed by atoms with E-state index in [4.69, 9.17) is 0 Å². The number of carbonyl (C=O) groups excluding carboxylic acids is 1. The van der Waals surface area contributed by atoms with Crippen LogP contribution in [0.5, 0.6) is 0 Å². The molecular weight excluding hydrogens is 190 g/mol. The van der Waals surface area contributed by atoms with E-state index in [1.54, 1.807) is 0 Å². The number of ether oxygens (including phenoxy) is 1. The number of nitrogens with zero attached hydrogens (tertiary/aromatic N) is 3. The maximum absolute atomic E-state index is 10.9. The molecule has 0 unspecified atom stereocenters. The lowest BCUT2D eigenvalue weighted by molar-refractivity contribution is -0.389. The van der Waals surface area contributed by atoms with Crippen molar-refractivity contribution in [2.24, 2.45) is 7.05 Å². The van der Waals surface area contributed by atoms with Crippen LogP contribution in [-0.2, 0) is 23.0 Å². The van der Waals surface area contributed by atoms with E-state index in [2.05, 4.69) is 9.84 Å². The lowest BCUT2D eigenvalue weighted by Crippen LogP contribution is -2.08. The van der Waals surface area contributed by atoms with E-state index in [0.29, 0.717) is 5.69 Å². The maximum atomic E-state index is 10.9. The molecule has 1 aromatic rings. The quantitative estimate of drug-likeness (QED) is 0.389. The van der Waals surface area contributed by atoms with Crippen molar-refractivity contribution in [2.45, 2.75) is 6.42 Å². The predicted octanol–water partition coefficient (Wildman–Crippen LogP) is 0.0438. The van der Waals surface area contributed by atoms with Crippen molar-refractivity contribution in [1.29, 1.82) is 0 Å². The van der Waals surface area contributed by atoms with Crippen LogP contribution in [-0.4, -0.2) is 27.8 Å². The summed E-state index contributed by atoms with van der Waals surface area (Å²) in [7, 11) is 2.79. The number of methoxy groups -OCH3 is 1. The molecule has 0 N–H and O–H groups in total. The molecule has 14 heavy (non-hydrogen) atoms. The molecule has 0 amide bonds. The van der Waals surface area contributed by atoms with Gasteiger partial charge in [0.2, 0.25) is 0 Å². The highest BCUT2D eigenvalue weighted by Crippen LogP contribution is 2.11. The molecule has 0 aliphatic carbocycles. The van der Waals surface area contributed by atoms with E-state index in [0.717, 1.165) is 0 Å². The van der Waals surface area contributed by atoms with Crippen LogP contribution in [0.1, 0.15) is 5.69 Å². The lowest BCUT2D eigenvalue weighted by atomic mass is 10.3. The summed E-state index contributed by atoms with van der Waals surface area (Å²) in [4.78, 5) is 20.6. The molecule has 0 aromatic carbocycles. The minimum Gasteiger partial charge on any atom is -0.469 e. The molecule has 0 saturated carbocycles. The molecule has 1 heterocycles. The highest BCUT2D eigenvalue weighted by atomic mass is 16.6. The first-order valence-corrected chi connectivity index (χ1v) is 3.78. The number of hydrogen-bond acceptors (Lipinski definition) is 5. The highest BCUT2D eigenvalue weighted by molar-refractivity contribution is 5.72. The molecule has 1 aromatic heterocycles. The number of hydrogen-bond donors (Lipinski definition) is 0. The van der Waals surface area contributed by atoms with Gasteiger partial charge in [-0.1, -0.05) is 0 Å². The number of carbonyl (C=O) groups is 1.